The second-order valence-electron chi connectivity index (χ2n) is 7.30. The van der Waals surface area contributed by atoms with Crippen LogP contribution in [0.5, 0.6) is 0 Å². The van der Waals surface area contributed by atoms with E-state index in [9.17, 15) is 35.9 Å². The first kappa shape index (κ1) is 25.0. The lowest BCUT2D eigenvalue weighted by Crippen LogP contribution is -2.31. The fourth-order valence-electron chi connectivity index (χ4n) is 3.25. The standard InChI is InChI=1S/C20H18F6N5O3/c1-27-28-9-17(32)16-8-15-10-30(3-2-4-31(15)29-16)18(33)34-11-12-5-13(19(21,22)23)7-14(6-12)20(24,25)26/h5-9H,2-4,10-11H2,1H3/q+1. The molecule has 14 heteroatoms. The van der Waals surface area contributed by atoms with E-state index in [4.69, 9.17) is 4.74 Å². The summed E-state index contributed by atoms with van der Waals surface area (Å²) < 4.78 is 84.6. The first-order chi connectivity index (χ1) is 15.9. The number of alkyl halides is 6. The van der Waals surface area contributed by atoms with Crippen molar-refractivity contribution in [2.24, 2.45) is 5.11 Å². The maximum Gasteiger partial charge on any atom is 0.416 e. The van der Waals surface area contributed by atoms with Crippen molar-refractivity contribution in [3.05, 3.63) is 52.3 Å². The van der Waals surface area contributed by atoms with E-state index in [1.807, 2.05) is 0 Å². The second-order valence-corrected chi connectivity index (χ2v) is 7.30. The van der Waals surface area contributed by atoms with Gasteiger partial charge in [-0.1, -0.05) is 0 Å². The zero-order chi connectivity index (χ0) is 25.1. The molecule has 0 saturated carbocycles. The van der Waals surface area contributed by atoms with Gasteiger partial charge in [0.2, 0.25) is 0 Å². The van der Waals surface area contributed by atoms with Gasteiger partial charge in [-0.3, -0.25) is 9.48 Å². The number of amides is 1. The third-order valence-corrected chi connectivity index (χ3v) is 4.82. The summed E-state index contributed by atoms with van der Waals surface area (Å²) in [6, 6.07) is 2.46. The summed E-state index contributed by atoms with van der Waals surface area (Å²) in [6.07, 6.45) is -9.53. The van der Waals surface area contributed by atoms with Crippen LogP contribution in [-0.4, -0.2) is 51.2 Å². The van der Waals surface area contributed by atoms with E-state index < -0.39 is 47.5 Å². The van der Waals surface area contributed by atoms with Gasteiger partial charge in [-0.2, -0.15) is 31.4 Å². The molecule has 1 aromatic carbocycles. The molecule has 0 fully saturated rings. The average Bonchev–Trinajstić information content (AvgIpc) is 3.05. The van der Waals surface area contributed by atoms with Gasteiger partial charge in [-0.25, -0.2) is 4.79 Å². The number of hydrogen-bond acceptors (Lipinski definition) is 5. The van der Waals surface area contributed by atoms with Crippen LogP contribution >= 0.6 is 0 Å². The largest absolute Gasteiger partial charge is 0.445 e. The number of ether oxygens (including phenoxy) is 1. The van der Waals surface area contributed by atoms with Gasteiger partial charge in [-0.05, 0) is 36.2 Å². The number of carbonyl (C=O) groups excluding carboxylic acids is 2. The Kier molecular flexibility index (Phi) is 7.10. The Morgan fingerprint density at radius 3 is 2.32 bits per heavy atom. The molecule has 0 unspecified atom stereocenters. The Hall–Kier alpha value is -3.67. The summed E-state index contributed by atoms with van der Waals surface area (Å²) in [5.74, 6) is -0.495. The molecular weight excluding hydrogens is 472 g/mol. The molecule has 0 radical (unpaired) electrons. The number of fused-ring (bicyclic) bond motifs is 1. The molecule has 0 bridgehead atoms. The summed E-state index contributed by atoms with van der Waals surface area (Å²) in [6.45, 7) is -0.227. The van der Waals surface area contributed by atoms with Crippen molar-refractivity contribution in [3.8, 4) is 0 Å². The Morgan fingerprint density at radius 1 is 1.09 bits per heavy atom. The zero-order valence-corrected chi connectivity index (χ0v) is 17.7. The smallest absolute Gasteiger partial charge is 0.416 e. The second kappa shape index (κ2) is 9.67. The third-order valence-electron chi connectivity index (χ3n) is 4.82. The molecule has 2 aromatic rings. The number of benzene rings is 1. The number of aryl methyl sites for hydroxylation is 1. The first-order valence-corrected chi connectivity index (χ1v) is 9.82. The van der Waals surface area contributed by atoms with E-state index in [0.717, 1.165) is 6.21 Å². The number of halogens is 6. The van der Waals surface area contributed by atoms with Gasteiger partial charge in [0.05, 0.1) is 33.3 Å². The summed E-state index contributed by atoms with van der Waals surface area (Å²) in [4.78, 5) is 29.2. The number of Topliss-reactive ketones (excluding diaryl/α,β-unsaturated/α-hetero) is 1. The summed E-state index contributed by atoms with van der Waals surface area (Å²) in [7, 11) is 1.39. The minimum Gasteiger partial charge on any atom is -0.445 e. The van der Waals surface area contributed by atoms with Crippen LogP contribution in [0, 0.1) is 0 Å². The van der Waals surface area contributed by atoms with E-state index >= 15 is 0 Å². The molecular formula is C20H18F6N5O3+. The minimum absolute atomic E-state index is 0.000529. The van der Waals surface area contributed by atoms with E-state index in [0.29, 0.717) is 30.8 Å². The number of ketones is 1. The molecule has 0 saturated heterocycles. The molecule has 1 aliphatic rings. The highest BCUT2D eigenvalue weighted by Crippen LogP contribution is 2.36. The lowest BCUT2D eigenvalue weighted by Gasteiger charge is -2.20. The highest BCUT2D eigenvalue weighted by Gasteiger charge is 2.37. The van der Waals surface area contributed by atoms with Crippen LogP contribution in [0.4, 0.5) is 31.1 Å². The molecule has 0 aliphatic carbocycles. The summed E-state index contributed by atoms with van der Waals surface area (Å²) >= 11 is 0. The van der Waals surface area contributed by atoms with Crippen LogP contribution in [-0.2, 0) is 36.8 Å². The Morgan fingerprint density at radius 2 is 1.74 bits per heavy atom. The number of rotatable bonds is 4. The van der Waals surface area contributed by atoms with Gasteiger partial charge in [-0.15, -0.1) is 0 Å². The van der Waals surface area contributed by atoms with Crippen LogP contribution in [0.25, 0.3) is 0 Å². The van der Waals surface area contributed by atoms with Crippen molar-refractivity contribution in [2.45, 2.75) is 38.5 Å². The summed E-state index contributed by atoms with van der Waals surface area (Å²) in [5, 5.41) is 7.59. The van der Waals surface area contributed by atoms with Gasteiger partial charge in [0.15, 0.2) is 0 Å². The van der Waals surface area contributed by atoms with Gasteiger partial charge < -0.3 is 9.64 Å². The van der Waals surface area contributed by atoms with Crippen molar-refractivity contribution < 1.29 is 45.5 Å². The molecule has 0 atom stereocenters. The Labute approximate surface area is 188 Å². The predicted octanol–water partition coefficient (Wildman–Crippen LogP) is 4.01. The van der Waals surface area contributed by atoms with Crippen LogP contribution < -0.4 is 0 Å². The topological polar surface area (TPSA) is 90.9 Å². The van der Waals surface area contributed by atoms with E-state index in [1.54, 1.807) is 0 Å². The molecule has 1 aliphatic heterocycles. The van der Waals surface area contributed by atoms with Gasteiger partial charge in [0.25, 0.3) is 5.78 Å². The van der Waals surface area contributed by atoms with Crippen LogP contribution in [0.3, 0.4) is 0 Å². The van der Waals surface area contributed by atoms with Crippen molar-refractivity contribution >= 4 is 18.1 Å². The monoisotopic (exact) mass is 490 g/mol. The molecule has 0 N–H and O–H groups in total. The average molecular weight is 490 g/mol. The Bertz CT molecular complexity index is 1120. The summed E-state index contributed by atoms with van der Waals surface area (Å²) in [5.41, 5.74) is -2.87. The molecule has 182 valence electrons. The molecule has 1 amide bonds. The molecule has 34 heavy (non-hydrogen) atoms. The van der Waals surface area contributed by atoms with Gasteiger partial charge >= 0.3 is 24.7 Å². The number of nitrogens with zero attached hydrogens (tertiary/aromatic N) is 5. The predicted molar refractivity (Wildman–Crippen MR) is 103 cm³/mol. The molecule has 0 spiro atoms. The van der Waals surface area contributed by atoms with Crippen LogP contribution in [0.2, 0.25) is 0 Å². The quantitative estimate of drug-likeness (QED) is 0.213. The Balaban J connectivity index is 1.74. The molecule has 8 nitrogen and oxygen atoms in total. The van der Waals surface area contributed by atoms with E-state index in [-0.39, 0.29) is 24.8 Å². The lowest BCUT2D eigenvalue weighted by molar-refractivity contribution is -0.143. The molecule has 1 aromatic heterocycles. The number of carbonyl (C=O) groups is 2. The van der Waals surface area contributed by atoms with Crippen molar-refractivity contribution in [1.82, 2.24) is 14.7 Å². The minimum atomic E-state index is -5.01. The van der Waals surface area contributed by atoms with Crippen LogP contribution in [0.1, 0.15) is 39.3 Å². The maximum atomic E-state index is 13.0. The van der Waals surface area contributed by atoms with Gasteiger partial charge in [0.1, 0.15) is 19.3 Å². The lowest BCUT2D eigenvalue weighted by atomic mass is 10.1. The highest BCUT2D eigenvalue weighted by atomic mass is 19.4. The fourth-order valence-corrected chi connectivity index (χ4v) is 3.25. The normalized spacial score (nSPS) is 14.0. The van der Waals surface area contributed by atoms with Crippen LogP contribution in [0.15, 0.2) is 29.4 Å². The highest BCUT2D eigenvalue weighted by molar-refractivity contribution is 6.32. The van der Waals surface area contributed by atoms with Crippen molar-refractivity contribution in [2.75, 3.05) is 13.6 Å². The first-order valence-electron chi connectivity index (χ1n) is 9.82. The zero-order valence-electron chi connectivity index (χ0n) is 17.7. The fraction of sp³-hybridized carbons (Fsp3) is 0.400. The number of hydrogen-bond donors (Lipinski definition) is 0. The SMILES string of the molecule is CN=[N+]=CC(=O)c1cc2n(n1)CCCN(C(=O)OCc1cc(C(F)(F)F)cc(C(F)(F)F)c1)C2. The van der Waals surface area contributed by atoms with Crippen molar-refractivity contribution in [3.63, 3.8) is 0 Å². The van der Waals surface area contributed by atoms with E-state index in [1.165, 1.54) is 22.7 Å². The van der Waals surface area contributed by atoms with Crippen molar-refractivity contribution in [1.29, 1.82) is 0 Å². The third kappa shape index (κ3) is 6.01. The molecule has 2 heterocycles. The van der Waals surface area contributed by atoms with Gasteiger partial charge in [0, 0.05) is 13.1 Å². The maximum absolute atomic E-state index is 13.0. The van der Waals surface area contributed by atoms with E-state index in [2.05, 4.69) is 15.0 Å². The number of aromatic nitrogens is 2. The molecule has 3 rings (SSSR count).